The fourth-order valence-electron chi connectivity index (χ4n) is 3.42. The van der Waals surface area contributed by atoms with Gasteiger partial charge >= 0.3 is 0 Å². The van der Waals surface area contributed by atoms with Crippen molar-refractivity contribution in [1.82, 2.24) is 24.5 Å². The van der Waals surface area contributed by atoms with E-state index in [2.05, 4.69) is 21.3 Å². The minimum atomic E-state index is -0.225. The number of hydrogen-bond acceptors (Lipinski definition) is 6. The number of rotatable bonds is 4. The maximum Gasteiger partial charge on any atom is 0.257 e. The summed E-state index contributed by atoms with van der Waals surface area (Å²) in [6, 6.07) is 6.92. The topological polar surface area (TPSA) is 84.1 Å². The third-order valence-corrected chi connectivity index (χ3v) is 4.94. The first-order valence-electron chi connectivity index (χ1n) is 9.86. The first-order chi connectivity index (χ1) is 15.2. The molecule has 1 aliphatic carbocycles. The number of aryl methyl sites for hydroxylation is 1. The average Bonchev–Trinajstić information content (AvgIpc) is 3.30. The molecule has 8 heteroatoms. The van der Waals surface area contributed by atoms with Gasteiger partial charge < -0.3 is 9.47 Å². The Morgan fingerprint density at radius 1 is 1.13 bits per heavy atom. The minimum Gasteiger partial charge on any atom is -0.463 e. The number of ether oxygens (including phenoxy) is 2. The number of aromatic nitrogens is 5. The number of nitrogens with zero attached hydrogens (tertiary/aromatic N) is 5. The van der Waals surface area contributed by atoms with Crippen molar-refractivity contribution in [3.05, 3.63) is 101 Å². The number of pyridine rings is 1. The number of hydrogen-bond donors (Lipinski definition) is 0. The Morgan fingerprint density at radius 2 is 2.06 bits per heavy atom. The molecule has 0 unspecified atom stereocenters. The summed E-state index contributed by atoms with van der Waals surface area (Å²) < 4.78 is 14.7. The Morgan fingerprint density at radius 3 is 2.90 bits per heavy atom. The summed E-state index contributed by atoms with van der Waals surface area (Å²) in [5.41, 5.74) is 3.22. The van der Waals surface area contributed by atoms with Gasteiger partial charge in [-0.1, -0.05) is 18.2 Å². The van der Waals surface area contributed by atoms with Crippen molar-refractivity contribution < 1.29 is 9.47 Å². The predicted octanol–water partition coefficient (Wildman–Crippen LogP) is 3.72. The molecule has 0 fully saturated rings. The van der Waals surface area contributed by atoms with Crippen LogP contribution in [-0.2, 0) is 9.47 Å². The van der Waals surface area contributed by atoms with Gasteiger partial charge in [-0.2, -0.15) is 14.9 Å². The fourth-order valence-corrected chi connectivity index (χ4v) is 3.42. The molecule has 8 nitrogen and oxygen atoms in total. The molecule has 0 N–H and O–H groups in total. The molecule has 3 aromatic rings. The molecule has 31 heavy (non-hydrogen) atoms. The van der Waals surface area contributed by atoms with Crippen molar-refractivity contribution in [1.29, 1.82) is 0 Å². The first-order valence-corrected chi connectivity index (χ1v) is 9.86. The summed E-state index contributed by atoms with van der Waals surface area (Å²) in [5, 5.41) is 8.89. The monoisotopic (exact) mass is 413 g/mol. The zero-order chi connectivity index (χ0) is 21.2. The lowest BCUT2D eigenvalue weighted by Gasteiger charge is -2.20. The van der Waals surface area contributed by atoms with Crippen LogP contribution in [0.25, 0.3) is 23.0 Å². The molecule has 0 atom stereocenters. The van der Waals surface area contributed by atoms with Gasteiger partial charge in [0.05, 0.1) is 11.9 Å². The van der Waals surface area contributed by atoms with Crippen LogP contribution in [0.2, 0.25) is 0 Å². The van der Waals surface area contributed by atoms with Gasteiger partial charge in [0.2, 0.25) is 5.43 Å². The average molecular weight is 413 g/mol. The van der Waals surface area contributed by atoms with Crippen molar-refractivity contribution in [2.75, 3.05) is 0 Å². The lowest BCUT2D eigenvalue weighted by Crippen LogP contribution is -2.16. The van der Waals surface area contributed by atoms with Crippen molar-refractivity contribution in [2.45, 2.75) is 19.8 Å². The van der Waals surface area contributed by atoms with E-state index in [-0.39, 0.29) is 11.1 Å². The van der Waals surface area contributed by atoms with E-state index < -0.39 is 0 Å². The van der Waals surface area contributed by atoms with E-state index in [1.165, 1.54) is 17.0 Å². The molecule has 0 spiro atoms. The van der Waals surface area contributed by atoms with Gasteiger partial charge in [0.15, 0.2) is 17.7 Å². The molecule has 154 valence electrons. The third-order valence-electron chi connectivity index (χ3n) is 4.94. The lowest BCUT2D eigenvalue weighted by atomic mass is 10.0. The zero-order valence-corrected chi connectivity index (χ0v) is 16.8. The standard InChI is InChI=1S/C23H19N5O3/c1-16-13-18(7-10-24-16)27-12-9-20(29)23(26-27)19-8-11-25-28(19)22-15-30-14-21(31-22)17-5-3-2-4-6-17/h2-3,5,7-15H,4,6H2,1H3. The predicted molar refractivity (Wildman–Crippen MR) is 115 cm³/mol. The van der Waals surface area contributed by atoms with Gasteiger partial charge in [0, 0.05) is 24.2 Å². The van der Waals surface area contributed by atoms with Crippen LogP contribution in [-0.4, -0.2) is 24.5 Å². The molecule has 0 bridgehead atoms. The SMILES string of the molecule is Cc1cc(-n2ccc(=O)c(-c3ccnn3C3=COC=C(C4=CC=CCC4)O3)n2)ccn1. The Labute approximate surface area is 178 Å². The lowest BCUT2D eigenvalue weighted by molar-refractivity contribution is 0.265. The third kappa shape index (κ3) is 3.71. The molecule has 1 aliphatic heterocycles. The van der Waals surface area contributed by atoms with E-state index in [0.29, 0.717) is 17.3 Å². The second-order valence-electron chi connectivity index (χ2n) is 7.09. The summed E-state index contributed by atoms with van der Waals surface area (Å²) in [6.45, 7) is 1.90. The molecule has 2 aliphatic rings. The normalized spacial score (nSPS) is 15.5. The highest BCUT2D eigenvalue weighted by Crippen LogP contribution is 2.29. The van der Waals surface area contributed by atoms with Crippen LogP contribution < -0.4 is 5.43 Å². The van der Waals surface area contributed by atoms with Crippen molar-refractivity contribution in [3.8, 4) is 17.1 Å². The van der Waals surface area contributed by atoms with E-state index in [1.54, 1.807) is 35.6 Å². The van der Waals surface area contributed by atoms with E-state index in [9.17, 15) is 4.79 Å². The Kier molecular flexibility index (Phi) is 4.80. The van der Waals surface area contributed by atoms with E-state index >= 15 is 0 Å². The summed E-state index contributed by atoms with van der Waals surface area (Å²) in [7, 11) is 0. The summed E-state index contributed by atoms with van der Waals surface area (Å²) >= 11 is 0. The van der Waals surface area contributed by atoms with Gasteiger partial charge in [-0.15, -0.1) is 0 Å². The summed E-state index contributed by atoms with van der Waals surface area (Å²) in [4.78, 5) is 16.9. The first kappa shape index (κ1) is 18.8. The Bertz CT molecular complexity index is 1330. The van der Waals surface area contributed by atoms with Crippen molar-refractivity contribution in [2.24, 2.45) is 0 Å². The van der Waals surface area contributed by atoms with Crippen LogP contribution in [0.3, 0.4) is 0 Å². The van der Waals surface area contributed by atoms with Crippen LogP contribution in [0.1, 0.15) is 18.5 Å². The maximum atomic E-state index is 12.7. The highest BCUT2D eigenvalue weighted by molar-refractivity contribution is 5.59. The highest BCUT2D eigenvalue weighted by atomic mass is 16.6. The molecule has 0 saturated heterocycles. The fraction of sp³-hybridized carbons (Fsp3) is 0.130. The Hall–Kier alpha value is -4.20. The van der Waals surface area contributed by atoms with Crippen LogP contribution in [0.5, 0.6) is 0 Å². The van der Waals surface area contributed by atoms with Crippen molar-refractivity contribution in [3.63, 3.8) is 0 Å². The minimum absolute atomic E-state index is 0.225. The second kappa shape index (κ2) is 7.91. The molecule has 4 heterocycles. The molecule has 0 aromatic carbocycles. The van der Waals surface area contributed by atoms with Gasteiger partial charge in [0.1, 0.15) is 12.0 Å². The van der Waals surface area contributed by atoms with E-state index in [0.717, 1.165) is 29.8 Å². The van der Waals surface area contributed by atoms with Gasteiger partial charge in [-0.25, -0.2) is 4.68 Å². The maximum absolute atomic E-state index is 12.7. The molecule has 3 aromatic heterocycles. The summed E-state index contributed by atoms with van der Waals surface area (Å²) in [6.07, 6.45) is 15.9. The van der Waals surface area contributed by atoms with Crippen molar-refractivity contribution >= 4 is 5.88 Å². The largest absolute Gasteiger partial charge is 0.463 e. The van der Waals surface area contributed by atoms with Gasteiger partial charge in [0.25, 0.3) is 5.88 Å². The number of allylic oxidation sites excluding steroid dienone is 4. The molecule has 0 amide bonds. The van der Waals surface area contributed by atoms with Gasteiger partial charge in [-0.05, 0) is 43.5 Å². The van der Waals surface area contributed by atoms with E-state index in [4.69, 9.17) is 9.47 Å². The molecule has 0 saturated carbocycles. The van der Waals surface area contributed by atoms with Crippen LogP contribution in [0.15, 0.2) is 89.7 Å². The highest BCUT2D eigenvalue weighted by Gasteiger charge is 2.21. The summed E-state index contributed by atoms with van der Waals surface area (Å²) in [5.74, 6) is 0.971. The molecule has 0 radical (unpaired) electrons. The molecular formula is C23H19N5O3. The molecular weight excluding hydrogens is 394 g/mol. The second-order valence-corrected chi connectivity index (χ2v) is 7.09. The van der Waals surface area contributed by atoms with Crippen LogP contribution >= 0.6 is 0 Å². The quantitative estimate of drug-likeness (QED) is 0.648. The van der Waals surface area contributed by atoms with E-state index in [1.807, 2.05) is 31.2 Å². The van der Waals surface area contributed by atoms with Crippen LogP contribution in [0, 0.1) is 6.92 Å². The smallest absolute Gasteiger partial charge is 0.257 e. The van der Waals surface area contributed by atoms with Gasteiger partial charge in [-0.3, -0.25) is 9.78 Å². The van der Waals surface area contributed by atoms with Crippen LogP contribution in [0.4, 0.5) is 0 Å². The zero-order valence-electron chi connectivity index (χ0n) is 16.8. The molecule has 5 rings (SSSR count). The Balaban J connectivity index is 1.50.